The van der Waals surface area contributed by atoms with Crippen LogP contribution in [0, 0.1) is 11.6 Å². The smallest absolute Gasteiger partial charge is 0.329 e. The van der Waals surface area contributed by atoms with Crippen LogP contribution < -0.4 is 30.7 Å². The monoisotopic (exact) mass is 809 g/mol. The number of piperidine rings is 1. The lowest BCUT2D eigenvalue weighted by Crippen LogP contribution is -2.62. The van der Waals surface area contributed by atoms with Crippen molar-refractivity contribution >= 4 is 41.3 Å². The van der Waals surface area contributed by atoms with E-state index in [1.807, 2.05) is 0 Å². The topological polar surface area (TPSA) is 188 Å². The molecule has 0 aromatic heterocycles. The first-order valence-corrected chi connectivity index (χ1v) is 19.9. The molecule has 312 valence electrons. The fourth-order valence-electron chi connectivity index (χ4n) is 8.52. The fraction of sp³-hybridized carbons (Fsp3) is 0.550. The number of carbonyl (C=O) groups is 6. The number of nitrogens with one attached hydrogen (secondary N) is 4. The molecule has 5 aliphatic rings. The molecule has 0 spiro atoms. The second kappa shape index (κ2) is 17.5. The van der Waals surface area contributed by atoms with Crippen molar-refractivity contribution in [2.24, 2.45) is 0 Å². The summed E-state index contributed by atoms with van der Waals surface area (Å²) >= 11 is 0. The van der Waals surface area contributed by atoms with Gasteiger partial charge in [0.1, 0.15) is 41.9 Å². The summed E-state index contributed by atoms with van der Waals surface area (Å²) in [6, 6.07) is 0.749. The van der Waals surface area contributed by atoms with Crippen LogP contribution in [-0.4, -0.2) is 126 Å². The van der Waals surface area contributed by atoms with Gasteiger partial charge in [-0.2, -0.15) is 0 Å². The van der Waals surface area contributed by atoms with Crippen LogP contribution >= 0.6 is 0 Å². The first kappa shape index (κ1) is 40.7. The van der Waals surface area contributed by atoms with Crippen LogP contribution in [0.4, 0.5) is 19.3 Å². The minimum Gasteiger partial charge on any atom is -0.458 e. The highest BCUT2D eigenvalue weighted by Crippen LogP contribution is 2.34. The van der Waals surface area contributed by atoms with Gasteiger partial charge < -0.3 is 50.2 Å². The fourth-order valence-corrected chi connectivity index (χ4v) is 8.52. The highest BCUT2D eigenvalue weighted by molar-refractivity contribution is 5.97. The average Bonchev–Trinajstić information content (AvgIpc) is 3.99. The quantitative estimate of drug-likeness (QED) is 0.315. The first-order chi connectivity index (χ1) is 27.9. The molecule has 18 heteroatoms. The van der Waals surface area contributed by atoms with Crippen LogP contribution in [0.5, 0.6) is 11.5 Å². The van der Waals surface area contributed by atoms with Crippen LogP contribution in [0.25, 0.3) is 0 Å². The molecule has 58 heavy (non-hydrogen) atoms. The Morgan fingerprint density at radius 3 is 2.26 bits per heavy atom. The third-order valence-electron chi connectivity index (χ3n) is 11.5. The summed E-state index contributed by atoms with van der Waals surface area (Å²) < 4.78 is 45.3. The van der Waals surface area contributed by atoms with Crippen LogP contribution in [0.15, 0.2) is 36.4 Å². The van der Waals surface area contributed by atoms with Gasteiger partial charge in [-0.3, -0.25) is 19.2 Å². The molecular weight excluding hydrogens is 760 g/mol. The Balaban J connectivity index is 1.18. The molecule has 4 fully saturated rings. The molecule has 0 unspecified atom stereocenters. The van der Waals surface area contributed by atoms with Crippen molar-refractivity contribution in [1.82, 2.24) is 30.7 Å². The second-order valence-electron chi connectivity index (χ2n) is 15.5. The van der Waals surface area contributed by atoms with Gasteiger partial charge in [-0.15, -0.1) is 0 Å². The van der Waals surface area contributed by atoms with Gasteiger partial charge in [-0.05, 0) is 88.6 Å². The Morgan fingerprint density at radius 1 is 0.810 bits per heavy atom. The zero-order valence-corrected chi connectivity index (χ0v) is 32.5. The Morgan fingerprint density at radius 2 is 1.50 bits per heavy atom. The van der Waals surface area contributed by atoms with E-state index in [2.05, 4.69) is 21.3 Å². The largest absolute Gasteiger partial charge is 0.458 e. The number of benzene rings is 2. The number of esters is 1. The molecular formula is C40H49F2N7O9. The molecule has 5 heterocycles. The SMILES string of the molecule is C[C@@H]1NC[C@@H]2CCCCN2C(=O)[C@@H]2CCCN2C(=O)[C@@H](NC(=O)[C@H](Cc2cc(F)cc(F)c2)NC(=O)Nc2ccc3c(c2)OCO3)[C@H](C)OC(=O)[C@@H]2CCCN2C1=O. The standard InChI is InChI=1S/C40H49F2N7O9/c1-22-36(51)49-14-6-9-31(49)39(54)58-23(2)34(38(53)48-13-5-8-30(48)37(52)47-12-4-3-7-28(47)20-43-22)46-35(50)29(17-24-15-25(41)18-26(42)16-24)45-40(55)44-27-10-11-32-33(19-27)57-21-56-32/h10-11,15-16,18-19,22-23,28-31,34,43H,3-9,12-14,17,20-21H2,1-2H3,(H,46,50)(H2,44,45,55)/t22-,23-,28-,29-,30-,31-,34-/m0/s1. The molecule has 16 nitrogen and oxygen atoms in total. The lowest BCUT2D eigenvalue weighted by Gasteiger charge is -2.40. The number of hydrogen-bond donors (Lipinski definition) is 4. The number of anilines is 1. The molecule has 4 saturated heterocycles. The molecule has 5 aliphatic heterocycles. The van der Waals surface area contributed by atoms with E-state index in [0.29, 0.717) is 69.3 Å². The van der Waals surface area contributed by atoms with E-state index in [0.717, 1.165) is 25.0 Å². The second-order valence-corrected chi connectivity index (χ2v) is 15.5. The molecule has 7 atom stereocenters. The first-order valence-electron chi connectivity index (χ1n) is 19.9. The summed E-state index contributed by atoms with van der Waals surface area (Å²) in [7, 11) is 0. The van der Waals surface area contributed by atoms with Gasteiger partial charge in [0, 0.05) is 56.5 Å². The van der Waals surface area contributed by atoms with E-state index in [1.54, 1.807) is 24.0 Å². The van der Waals surface area contributed by atoms with E-state index < -0.39 is 78.2 Å². The van der Waals surface area contributed by atoms with Crippen molar-refractivity contribution in [2.45, 2.75) is 108 Å². The third-order valence-corrected chi connectivity index (χ3v) is 11.5. The van der Waals surface area contributed by atoms with Crippen molar-refractivity contribution in [2.75, 3.05) is 38.3 Å². The number of cyclic esters (lactones) is 1. The van der Waals surface area contributed by atoms with Gasteiger partial charge in [0.2, 0.25) is 30.4 Å². The normalized spacial score (nSPS) is 27.0. The van der Waals surface area contributed by atoms with Gasteiger partial charge in [0.05, 0.1) is 6.04 Å². The highest BCUT2D eigenvalue weighted by Gasteiger charge is 2.45. The van der Waals surface area contributed by atoms with E-state index in [1.165, 1.54) is 22.8 Å². The predicted molar refractivity (Wildman–Crippen MR) is 202 cm³/mol. The summed E-state index contributed by atoms with van der Waals surface area (Å²) in [5.41, 5.74) is 0.317. The number of rotatable bonds is 6. The molecule has 2 aromatic rings. The van der Waals surface area contributed by atoms with Gasteiger partial charge in [0.15, 0.2) is 11.5 Å². The molecule has 2 aromatic carbocycles. The molecule has 0 saturated carbocycles. The average molecular weight is 810 g/mol. The van der Waals surface area contributed by atoms with E-state index >= 15 is 0 Å². The van der Waals surface area contributed by atoms with E-state index in [-0.39, 0.29) is 42.4 Å². The Bertz CT molecular complexity index is 1920. The molecule has 0 radical (unpaired) electrons. The van der Waals surface area contributed by atoms with Crippen molar-refractivity contribution in [3.63, 3.8) is 0 Å². The summed E-state index contributed by atoms with van der Waals surface area (Å²) in [5, 5.41) is 11.1. The summed E-state index contributed by atoms with van der Waals surface area (Å²) in [6.07, 6.45) is 2.42. The van der Waals surface area contributed by atoms with Crippen molar-refractivity contribution in [3.8, 4) is 11.5 Å². The van der Waals surface area contributed by atoms with Crippen molar-refractivity contribution < 1.29 is 51.8 Å². The summed E-state index contributed by atoms with van der Waals surface area (Å²) in [4.78, 5) is 88.8. The van der Waals surface area contributed by atoms with Crippen LogP contribution in [0.1, 0.15) is 64.4 Å². The van der Waals surface area contributed by atoms with Crippen LogP contribution in [-0.2, 0) is 35.1 Å². The number of fused-ring (bicyclic) bond motifs is 4. The zero-order chi connectivity index (χ0) is 41.1. The Hall–Kier alpha value is -5.52. The number of nitrogens with zero attached hydrogens (tertiary/aromatic N) is 3. The number of carbonyl (C=O) groups excluding carboxylic acids is 6. The number of amides is 6. The summed E-state index contributed by atoms with van der Waals surface area (Å²) in [5.74, 6) is -3.87. The van der Waals surface area contributed by atoms with Gasteiger partial charge in [-0.25, -0.2) is 18.4 Å². The molecule has 0 aliphatic carbocycles. The Labute approximate surface area is 334 Å². The molecule has 6 amide bonds. The number of halogens is 2. The number of hydrogen-bond acceptors (Lipinski definition) is 10. The molecule has 4 N–H and O–H groups in total. The minimum atomic E-state index is -1.56. The van der Waals surface area contributed by atoms with Crippen molar-refractivity contribution in [3.05, 3.63) is 53.6 Å². The van der Waals surface area contributed by atoms with E-state index in [4.69, 9.17) is 14.2 Å². The lowest BCUT2D eigenvalue weighted by molar-refractivity contribution is -0.162. The van der Waals surface area contributed by atoms with Crippen LogP contribution in [0.2, 0.25) is 0 Å². The van der Waals surface area contributed by atoms with E-state index in [9.17, 15) is 37.5 Å². The maximum absolute atomic E-state index is 14.7. The minimum absolute atomic E-state index is 0.00385. The third kappa shape index (κ3) is 8.95. The maximum atomic E-state index is 14.7. The van der Waals surface area contributed by atoms with Crippen LogP contribution in [0.3, 0.4) is 0 Å². The highest BCUT2D eigenvalue weighted by atomic mass is 19.1. The zero-order valence-electron chi connectivity index (χ0n) is 32.5. The number of urea groups is 1. The Kier molecular flexibility index (Phi) is 12.3. The van der Waals surface area contributed by atoms with Crippen molar-refractivity contribution in [1.29, 1.82) is 0 Å². The summed E-state index contributed by atoms with van der Waals surface area (Å²) in [6.45, 7) is 4.52. The number of ether oxygens (including phenoxy) is 3. The predicted octanol–water partition coefficient (Wildman–Crippen LogP) is 2.20. The van der Waals surface area contributed by atoms with Gasteiger partial charge in [0.25, 0.3) is 0 Å². The van der Waals surface area contributed by atoms with Gasteiger partial charge >= 0.3 is 12.0 Å². The lowest BCUT2D eigenvalue weighted by atomic mass is 9.99. The molecule has 0 bridgehead atoms. The molecule has 7 rings (SSSR count). The maximum Gasteiger partial charge on any atom is 0.329 e. The van der Waals surface area contributed by atoms with Gasteiger partial charge in [-0.1, -0.05) is 0 Å².